The molecule has 0 spiro atoms. The molecule has 0 radical (unpaired) electrons. The molecule has 0 heterocycles. The monoisotopic (exact) mass is 361 g/mol. The fraction of sp³-hybridized carbons (Fsp3) is 0.524. The second-order valence-corrected chi connectivity index (χ2v) is 7.65. The molecule has 5 nitrogen and oxygen atoms in total. The second kappa shape index (κ2) is 9.41. The molecular weight excluding hydrogens is 330 g/mol. The predicted octanol–water partition coefficient (Wildman–Crippen LogP) is 4.27. The summed E-state index contributed by atoms with van der Waals surface area (Å²) in [6.07, 6.45) is -0.267. The SMILES string of the molecule is C=C(C)[C@H](Cc1ccccc1)[C@H](C)OC(=O)C(C)NC(=O)OC(C)(C)C. The summed E-state index contributed by atoms with van der Waals surface area (Å²) in [7, 11) is 0. The van der Waals surface area contributed by atoms with Gasteiger partial charge in [-0.15, -0.1) is 0 Å². The number of hydrogen-bond donors (Lipinski definition) is 1. The van der Waals surface area contributed by atoms with Crippen LogP contribution in [-0.2, 0) is 20.7 Å². The number of ether oxygens (including phenoxy) is 2. The van der Waals surface area contributed by atoms with Crippen molar-refractivity contribution in [3.63, 3.8) is 0 Å². The number of hydrogen-bond acceptors (Lipinski definition) is 4. The van der Waals surface area contributed by atoms with Crippen molar-refractivity contribution in [1.82, 2.24) is 5.32 Å². The topological polar surface area (TPSA) is 64.6 Å². The molecule has 1 rings (SSSR count). The lowest BCUT2D eigenvalue weighted by atomic mass is 9.89. The zero-order chi connectivity index (χ0) is 19.9. The Hall–Kier alpha value is -2.30. The van der Waals surface area contributed by atoms with E-state index >= 15 is 0 Å². The van der Waals surface area contributed by atoms with E-state index in [4.69, 9.17) is 9.47 Å². The van der Waals surface area contributed by atoms with Crippen LogP contribution >= 0.6 is 0 Å². The third-order valence-corrected chi connectivity index (χ3v) is 3.89. The van der Waals surface area contributed by atoms with Crippen LogP contribution in [0.1, 0.15) is 47.1 Å². The Balaban J connectivity index is 2.64. The summed E-state index contributed by atoms with van der Waals surface area (Å²) < 4.78 is 10.7. The van der Waals surface area contributed by atoms with Crippen molar-refractivity contribution in [2.45, 2.75) is 65.7 Å². The standard InChI is InChI=1S/C21H31NO4/c1-14(2)18(13-17-11-9-8-10-12-17)16(4)25-19(23)15(3)22-20(24)26-21(5,6)7/h8-12,15-16,18H,1,13H2,2-7H3,(H,22,24)/t15?,16-,18-/m0/s1. The minimum absolute atomic E-state index is 0.00456. The van der Waals surface area contributed by atoms with E-state index in [2.05, 4.69) is 11.9 Å². The minimum Gasteiger partial charge on any atom is -0.461 e. The van der Waals surface area contributed by atoms with Crippen LogP contribution in [0.25, 0.3) is 0 Å². The normalized spacial score (nSPS) is 14.7. The smallest absolute Gasteiger partial charge is 0.408 e. The Bertz CT molecular complexity index is 619. The molecule has 0 fully saturated rings. The number of esters is 1. The van der Waals surface area contributed by atoms with Gasteiger partial charge in [0.2, 0.25) is 0 Å². The highest BCUT2D eigenvalue weighted by Gasteiger charge is 2.26. The average molecular weight is 361 g/mol. The maximum Gasteiger partial charge on any atom is 0.408 e. The third-order valence-electron chi connectivity index (χ3n) is 3.89. The van der Waals surface area contributed by atoms with Gasteiger partial charge >= 0.3 is 12.1 Å². The van der Waals surface area contributed by atoms with Gasteiger partial charge in [-0.25, -0.2) is 9.59 Å². The highest BCUT2D eigenvalue weighted by atomic mass is 16.6. The van der Waals surface area contributed by atoms with E-state index in [9.17, 15) is 9.59 Å². The molecule has 0 aliphatic carbocycles. The molecule has 1 unspecified atom stereocenters. The van der Waals surface area contributed by atoms with Crippen LogP contribution in [0.4, 0.5) is 4.79 Å². The van der Waals surface area contributed by atoms with Crippen LogP contribution < -0.4 is 5.32 Å². The van der Waals surface area contributed by atoms with Crippen LogP contribution in [-0.4, -0.2) is 29.8 Å². The number of alkyl carbamates (subject to hydrolysis) is 1. The molecule has 0 saturated heterocycles. The van der Waals surface area contributed by atoms with Gasteiger partial charge in [0.05, 0.1) is 0 Å². The summed E-state index contributed by atoms with van der Waals surface area (Å²) in [6.45, 7) is 14.7. The molecule has 1 aromatic rings. The number of nitrogens with one attached hydrogen (secondary N) is 1. The Morgan fingerprint density at radius 1 is 1.15 bits per heavy atom. The Morgan fingerprint density at radius 2 is 1.73 bits per heavy atom. The molecule has 1 N–H and O–H groups in total. The van der Waals surface area contributed by atoms with Crippen LogP contribution in [0.2, 0.25) is 0 Å². The molecule has 3 atom stereocenters. The van der Waals surface area contributed by atoms with E-state index in [-0.39, 0.29) is 12.0 Å². The lowest BCUT2D eigenvalue weighted by molar-refractivity contribution is -0.152. The molecular formula is C21H31NO4. The van der Waals surface area contributed by atoms with Gasteiger partial charge in [0.15, 0.2) is 0 Å². The van der Waals surface area contributed by atoms with Gasteiger partial charge in [-0.1, -0.05) is 42.5 Å². The third kappa shape index (κ3) is 7.72. The van der Waals surface area contributed by atoms with Gasteiger partial charge in [0.25, 0.3) is 0 Å². The first-order valence-electron chi connectivity index (χ1n) is 8.89. The van der Waals surface area contributed by atoms with Crippen molar-refractivity contribution in [3.05, 3.63) is 48.0 Å². The molecule has 0 aliphatic heterocycles. The van der Waals surface area contributed by atoms with Crippen LogP contribution in [0.3, 0.4) is 0 Å². The highest BCUT2D eigenvalue weighted by molar-refractivity contribution is 5.81. The Labute approximate surface area is 156 Å². The molecule has 0 saturated carbocycles. The zero-order valence-electron chi connectivity index (χ0n) is 16.7. The van der Waals surface area contributed by atoms with E-state index in [1.54, 1.807) is 27.7 Å². The first kappa shape index (κ1) is 21.7. The van der Waals surface area contributed by atoms with E-state index in [0.29, 0.717) is 0 Å². The number of carbonyl (C=O) groups is 2. The van der Waals surface area contributed by atoms with Crippen molar-refractivity contribution in [1.29, 1.82) is 0 Å². The average Bonchev–Trinajstić information content (AvgIpc) is 2.51. The van der Waals surface area contributed by atoms with Gasteiger partial charge in [-0.2, -0.15) is 0 Å². The summed E-state index contributed by atoms with van der Waals surface area (Å²) in [4.78, 5) is 24.1. The van der Waals surface area contributed by atoms with Crippen LogP contribution in [0.5, 0.6) is 0 Å². The van der Waals surface area contributed by atoms with E-state index < -0.39 is 23.7 Å². The summed E-state index contributed by atoms with van der Waals surface area (Å²) in [6, 6.07) is 9.21. The van der Waals surface area contributed by atoms with Gasteiger partial charge in [0.1, 0.15) is 17.7 Å². The lowest BCUT2D eigenvalue weighted by Crippen LogP contribution is -2.43. The van der Waals surface area contributed by atoms with Crippen molar-refractivity contribution >= 4 is 12.1 Å². The quantitative estimate of drug-likeness (QED) is 0.582. The maximum absolute atomic E-state index is 12.3. The van der Waals surface area contributed by atoms with Crippen molar-refractivity contribution in [3.8, 4) is 0 Å². The summed E-state index contributed by atoms with van der Waals surface area (Å²) >= 11 is 0. The summed E-state index contributed by atoms with van der Waals surface area (Å²) in [5.74, 6) is -0.502. The lowest BCUT2D eigenvalue weighted by Gasteiger charge is -2.26. The molecule has 144 valence electrons. The Morgan fingerprint density at radius 3 is 2.23 bits per heavy atom. The number of rotatable bonds is 7. The van der Waals surface area contributed by atoms with Crippen LogP contribution in [0, 0.1) is 5.92 Å². The molecule has 1 aromatic carbocycles. The largest absolute Gasteiger partial charge is 0.461 e. The molecule has 0 aromatic heterocycles. The molecule has 0 aliphatic rings. The van der Waals surface area contributed by atoms with Gasteiger partial charge in [-0.3, -0.25) is 0 Å². The molecule has 5 heteroatoms. The number of carbonyl (C=O) groups excluding carboxylic acids is 2. The fourth-order valence-electron chi connectivity index (χ4n) is 2.52. The second-order valence-electron chi connectivity index (χ2n) is 7.65. The molecule has 1 amide bonds. The summed E-state index contributed by atoms with van der Waals surface area (Å²) in [5, 5.41) is 2.50. The van der Waals surface area contributed by atoms with E-state index in [1.807, 2.05) is 44.2 Å². The Kier molecular flexibility index (Phi) is 7.87. The van der Waals surface area contributed by atoms with Crippen LogP contribution in [0.15, 0.2) is 42.5 Å². The van der Waals surface area contributed by atoms with Crippen molar-refractivity contribution in [2.75, 3.05) is 0 Å². The first-order chi connectivity index (χ1) is 12.0. The van der Waals surface area contributed by atoms with E-state index in [1.165, 1.54) is 0 Å². The highest BCUT2D eigenvalue weighted by Crippen LogP contribution is 2.22. The van der Waals surface area contributed by atoms with Gasteiger partial charge in [0, 0.05) is 5.92 Å². The molecule has 0 bridgehead atoms. The fourth-order valence-corrected chi connectivity index (χ4v) is 2.52. The van der Waals surface area contributed by atoms with Gasteiger partial charge < -0.3 is 14.8 Å². The number of amides is 1. The van der Waals surface area contributed by atoms with Crippen molar-refractivity contribution < 1.29 is 19.1 Å². The van der Waals surface area contributed by atoms with Gasteiger partial charge in [-0.05, 0) is 53.5 Å². The maximum atomic E-state index is 12.3. The van der Waals surface area contributed by atoms with E-state index in [0.717, 1.165) is 17.6 Å². The minimum atomic E-state index is -0.796. The predicted molar refractivity (Wildman–Crippen MR) is 103 cm³/mol. The summed E-state index contributed by atoms with van der Waals surface area (Å²) in [5.41, 5.74) is 1.48. The zero-order valence-corrected chi connectivity index (χ0v) is 16.7. The van der Waals surface area contributed by atoms with Crippen molar-refractivity contribution in [2.24, 2.45) is 5.92 Å². The molecule has 26 heavy (non-hydrogen) atoms. The number of benzene rings is 1. The first-order valence-corrected chi connectivity index (χ1v) is 8.89.